The first-order valence-corrected chi connectivity index (χ1v) is 10.6. The van der Waals surface area contributed by atoms with Crippen LogP contribution in [0.5, 0.6) is 0 Å². The number of guanidine groups is 1. The molecular formula is C22H39IN4O. The maximum atomic E-state index is 9.31. The molecule has 1 saturated heterocycles. The molecule has 2 rings (SSSR count). The van der Waals surface area contributed by atoms with Crippen LogP contribution in [0.25, 0.3) is 0 Å². The van der Waals surface area contributed by atoms with Crippen LogP contribution in [0.3, 0.4) is 0 Å². The van der Waals surface area contributed by atoms with Crippen molar-refractivity contribution in [2.75, 3.05) is 37.7 Å². The first-order valence-electron chi connectivity index (χ1n) is 10.6. The van der Waals surface area contributed by atoms with Gasteiger partial charge in [-0.2, -0.15) is 0 Å². The van der Waals surface area contributed by atoms with E-state index in [4.69, 9.17) is 4.99 Å². The molecule has 0 aromatic heterocycles. The molecule has 28 heavy (non-hydrogen) atoms. The highest BCUT2D eigenvalue weighted by atomic mass is 127. The fraction of sp³-hybridized carbons (Fsp3) is 0.682. The van der Waals surface area contributed by atoms with E-state index in [1.54, 1.807) is 0 Å². The monoisotopic (exact) mass is 502 g/mol. The molecule has 0 bridgehead atoms. The number of anilines is 1. The second-order valence-corrected chi connectivity index (χ2v) is 7.97. The van der Waals surface area contributed by atoms with E-state index in [1.165, 1.54) is 5.69 Å². The third kappa shape index (κ3) is 8.99. The van der Waals surface area contributed by atoms with Gasteiger partial charge >= 0.3 is 0 Å². The molecule has 160 valence electrons. The van der Waals surface area contributed by atoms with Crippen molar-refractivity contribution in [3.8, 4) is 0 Å². The minimum absolute atomic E-state index is 0. The van der Waals surface area contributed by atoms with Crippen molar-refractivity contribution >= 4 is 35.6 Å². The Balaban J connectivity index is 0.00000392. The number of rotatable bonds is 9. The van der Waals surface area contributed by atoms with E-state index in [1.807, 2.05) is 0 Å². The van der Waals surface area contributed by atoms with E-state index < -0.39 is 0 Å². The fourth-order valence-electron chi connectivity index (χ4n) is 3.79. The van der Waals surface area contributed by atoms with Crippen molar-refractivity contribution in [2.24, 2.45) is 16.8 Å². The summed E-state index contributed by atoms with van der Waals surface area (Å²) < 4.78 is 0. The minimum atomic E-state index is 0. The summed E-state index contributed by atoms with van der Waals surface area (Å²) in [7, 11) is 0. The highest BCUT2D eigenvalue weighted by Gasteiger charge is 2.20. The lowest BCUT2D eigenvalue weighted by Gasteiger charge is -2.34. The summed E-state index contributed by atoms with van der Waals surface area (Å²) in [5.41, 5.74) is 1.32. The average molecular weight is 502 g/mol. The summed E-state index contributed by atoms with van der Waals surface area (Å²) in [6.07, 6.45) is 4.17. The number of nitrogens with zero attached hydrogens (tertiary/aromatic N) is 2. The second-order valence-electron chi connectivity index (χ2n) is 7.97. The van der Waals surface area contributed by atoms with Crippen LogP contribution in [-0.2, 0) is 0 Å². The van der Waals surface area contributed by atoms with Crippen LogP contribution in [0.2, 0.25) is 0 Å². The number of aliphatic hydroxyl groups excluding tert-OH is 1. The zero-order valence-electron chi connectivity index (χ0n) is 17.7. The number of nitrogens with one attached hydrogen (secondary N) is 2. The molecule has 0 radical (unpaired) electrons. The van der Waals surface area contributed by atoms with Crippen LogP contribution in [0.4, 0.5) is 5.69 Å². The third-order valence-corrected chi connectivity index (χ3v) is 5.15. The number of benzene rings is 1. The lowest BCUT2D eigenvalue weighted by Crippen LogP contribution is -2.49. The molecule has 5 nitrogen and oxygen atoms in total. The molecule has 1 aromatic carbocycles. The van der Waals surface area contributed by atoms with E-state index >= 15 is 0 Å². The zero-order valence-corrected chi connectivity index (χ0v) is 20.1. The Morgan fingerprint density at radius 3 is 2.46 bits per heavy atom. The summed E-state index contributed by atoms with van der Waals surface area (Å²) >= 11 is 0. The lowest BCUT2D eigenvalue weighted by atomic mass is 9.94. The molecule has 1 aliphatic rings. The van der Waals surface area contributed by atoms with E-state index in [0.717, 1.165) is 57.8 Å². The molecule has 1 unspecified atom stereocenters. The standard InChI is InChI=1S/C22H38N4O.HI/c1-4-23-22(24-17-19(12-15-27)16-18(2)3)25-20-10-13-26(14-11-20)21-8-6-5-7-9-21;/h5-9,18-20,27H,4,10-17H2,1-3H3,(H2,23,24,25);1H. The number of hydrogen-bond donors (Lipinski definition) is 3. The van der Waals surface area contributed by atoms with Gasteiger partial charge in [0.15, 0.2) is 5.96 Å². The Labute approximate surface area is 188 Å². The number of piperidine rings is 1. The summed E-state index contributed by atoms with van der Waals surface area (Å²) in [6.45, 7) is 10.6. The van der Waals surface area contributed by atoms with Gasteiger partial charge in [0.2, 0.25) is 0 Å². The number of aliphatic imine (C=N–C) groups is 1. The largest absolute Gasteiger partial charge is 0.396 e. The maximum Gasteiger partial charge on any atom is 0.191 e. The predicted octanol–water partition coefficient (Wildman–Crippen LogP) is 3.87. The minimum Gasteiger partial charge on any atom is -0.396 e. The van der Waals surface area contributed by atoms with Gasteiger partial charge in [0.05, 0.1) is 0 Å². The molecule has 1 fully saturated rings. The van der Waals surface area contributed by atoms with Crippen molar-refractivity contribution in [2.45, 2.75) is 52.5 Å². The SMILES string of the molecule is CCNC(=NCC(CCO)CC(C)C)NC1CCN(c2ccccc2)CC1.I. The van der Waals surface area contributed by atoms with Crippen molar-refractivity contribution in [3.63, 3.8) is 0 Å². The van der Waals surface area contributed by atoms with Gasteiger partial charge < -0.3 is 20.6 Å². The Kier molecular flexibility index (Phi) is 12.5. The summed E-state index contributed by atoms with van der Waals surface area (Å²) in [6, 6.07) is 11.1. The van der Waals surface area contributed by atoms with Gasteiger partial charge in [0, 0.05) is 44.5 Å². The molecule has 3 N–H and O–H groups in total. The van der Waals surface area contributed by atoms with E-state index in [0.29, 0.717) is 17.9 Å². The van der Waals surface area contributed by atoms with Crippen LogP contribution >= 0.6 is 24.0 Å². The van der Waals surface area contributed by atoms with Gasteiger partial charge in [0.25, 0.3) is 0 Å². The quantitative estimate of drug-likeness (QED) is 0.273. The maximum absolute atomic E-state index is 9.31. The van der Waals surface area contributed by atoms with Crippen LogP contribution in [-0.4, -0.2) is 49.9 Å². The number of hydrogen-bond acceptors (Lipinski definition) is 3. The van der Waals surface area contributed by atoms with E-state index in [2.05, 4.69) is 66.6 Å². The molecular weight excluding hydrogens is 463 g/mol. The Hall–Kier alpha value is -1.02. The van der Waals surface area contributed by atoms with Crippen LogP contribution < -0.4 is 15.5 Å². The van der Waals surface area contributed by atoms with Crippen molar-refractivity contribution in [3.05, 3.63) is 30.3 Å². The van der Waals surface area contributed by atoms with Gasteiger partial charge in [-0.3, -0.25) is 4.99 Å². The highest BCUT2D eigenvalue weighted by Crippen LogP contribution is 2.19. The Morgan fingerprint density at radius 1 is 1.21 bits per heavy atom. The highest BCUT2D eigenvalue weighted by molar-refractivity contribution is 14.0. The molecule has 0 spiro atoms. The van der Waals surface area contributed by atoms with E-state index in [9.17, 15) is 5.11 Å². The summed E-state index contributed by atoms with van der Waals surface area (Å²) in [4.78, 5) is 7.29. The van der Waals surface area contributed by atoms with Gasteiger partial charge in [-0.1, -0.05) is 32.0 Å². The predicted molar refractivity (Wildman–Crippen MR) is 131 cm³/mol. The third-order valence-electron chi connectivity index (χ3n) is 5.15. The molecule has 0 amide bonds. The van der Waals surface area contributed by atoms with Gasteiger partial charge in [-0.05, 0) is 56.6 Å². The second kappa shape index (κ2) is 14.0. The Bertz CT molecular complexity index is 545. The first kappa shape index (κ1) is 25.0. The topological polar surface area (TPSA) is 59.9 Å². The van der Waals surface area contributed by atoms with Crippen molar-refractivity contribution < 1.29 is 5.11 Å². The van der Waals surface area contributed by atoms with Gasteiger partial charge in [0.1, 0.15) is 0 Å². The molecule has 1 aliphatic heterocycles. The van der Waals surface area contributed by atoms with Crippen molar-refractivity contribution in [1.82, 2.24) is 10.6 Å². The molecule has 6 heteroatoms. The smallest absolute Gasteiger partial charge is 0.191 e. The molecule has 1 aromatic rings. The number of para-hydroxylation sites is 1. The number of aliphatic hydroxyl groups is 1. The van der Waals surface area contributed by atoms with Gasteiger partial charge in [-0.25, -0.2) is 0 Å². The summed E-state index contributed by atoms with van der Waals surface area (Å²) in [5, 5.41) is 16.3. The fourth-order valence-corrected chi connectivity index (χ4v) is 3.79. The molecule has 1 atom stereocenters. The number of halogens is 1. The summed E-state index contributed by atoms with van der Waals surface area (Å²) in [5.74, 6) is 2.00. The average Bonchev–Trinajstić information content (AvgIpc) is 2.67. The van der Waals surface area contributed by atoms with Crippen molar-refractivity contribution in [1.29, 1.82) is 0 Å². The Morgan fingerprint density at radius 2 is 1.89 bits per heavy atom. The first-order chi connectivity index (χ1) is 13.1. The molecule has 1 heterocycles. The normalized spacial score (nSPS) is 16.6. The van der Waals surface area contributed by atoms with Crippen LogP contribution in [0.1, 0.15) is 46.5 Å². The lowest BCUT2D eigenvalue weighted by molar-refractivity contribution is 0.245. The molecule has 0 saturated carbocycles. The zero-order chi connectivity index (χ0) is 19.5. The molecule has 0 aliphatic carbocycles. The van der Waals surface area contributed by atoms with Crippen LogP contribution in [0.15, 0.2) is 35.3 Å². The van der Waals surface area contributed by atoms with Gasteiger partial charge in [-0.15, -0.1) is 24.0 Å². The van der Waals surface area contributed by atoms with Crippen LogP contribution in [0, 0.1) is 11.8 Å². The van der Waals surface area contributed by atoms with E-state index in [-0.39, 0.29) is 30.6 Å².